The Morgan fingerprint density at radius 3 is 2.53 bits per heavy atom. The topological polar surface area (TPSA) is 38.5 Å². The van der Waals surface area contributed by atoms with Crippen LogP contribution in [0.1, 0.15) is 51.9 Å². The predicted molar refractivity (Wildman–Crippen MR) is 73.2 cm³/mol. The molecule has 17 heavy (non-hydrogen) atoms. The largest absolute Gasteiger partial charge is 0.380 e. The van der Waals surface area contributed by atoms with Crippen molar-refractivity contribution in [2.45, 2.75) is 57.9 Å². The predicted octanol–water partition coefficient (Wildman–Crippen LogP) is 2.40. The summed E-state index contributed by atoms with van der Waals surface area (Å²) in [5, 5.41) is 0. The number of ether oxygens (including phenoxy) is 1. The third-order valence-corrected chi connectivity index (χ3v) is 3.61. The van der Waals surface area contributed by atoms with Gasteiger partial charge in [0.25, 0.3) is 0 Å². The zero-order valence-electron chi connectivity index (χ0n) is 11.5. The molecule has 3 nitrogen and oxygen atoms in total. The summed E-state index contributed by atoms with van der Waals surface area (Å²) in [6.07, 6.45) is 9.21. The molecule has 0 saturated heterocycles. The lowest BCUT2D eigenvalue weighted by Crippen LogP contribution is -2.40. The van der Waals surface area contributed by atoms with Gasteiger partial charge in [-0.15, -0.1) is 0 Å². The van der Waals surface area contributed by atoms with Crippen LogP contribution in [0.15, 0.2) is 0 Å². The van der Waals surface area contributed by atoms with E-state index in [0.29, 0.717) is 0 Å². The third-order valence-electron chi connectivity index (χ3n) is 3.61. The van der Waals surface area contributed by atoms with Gasteiger partial charge in [-0.1, -0.05) is 26.2 Å². The number of hydrogen-bond acceptors (Lipinski definition) is 3. The Morgan fingerprint density at radius 2 is 1.88 bits per heavy atom. The minimum Gasteiger partial charge on any atom is -0.380 e. The Kier molecular flexibility index (Phi) is 8.67. The van der Waals surface area contributed by atoms with Crippen molar-refractivity contribution < 1.29 is 4.74 Å². The maximum absolute atomic E-state index is 5.62. The van der Waals surface area contributed by atoms with Gasteiger partial charge in [0.1, 0.15) is 0 Å². The molecule has 1 saturated carbocycles. The molecule has 1 fully saturated rings. The smallest absolute Gasteiger partial charge is 0.0593 e. The van der Waals surface area contributed by atoms with Gasteiger partial charge in [-0.3, -0.25) is 4.90 Å². The van der Waals surface area contributed by atoms with Gasteiger partial charge in [0.05, 0.1) is 6.61 Å². The SMILES string of the molecule is CCCOCCN(CCCN)C1CCCCC1. The lowest BCUT2D eigenvalue weighted by Gasteiger charge is -2.34. The Hall–Kier alpha value is -0.120. The molecule has 3 heteroatoms. The Bertz CT molecular complexity index is 170. The molecule has 0 aromatic rings. The quantitative estimate of drug-likeness (QED) is 0.631. The third kappa shape index (κ3) is 6.39. The fraction of sp³-hybridized carbons (Fsp3) is 1.00. The van der Waals surface area contributed by atoms with Crippen molar-refractivity contribution in [1.29, 1.82) is 0 Å². The number of rotatable bonds is 9. The van der Waals surface area contributed by atoms with Gasteiger partial charge in [-0.05, 0) is 38.8 Å². The van der Waals surface area contributed by atoms with E-state index in [9.17, 15) is 0 Å². The Balaban J connectivity index is 2.25. The molecule has 0 aromatic carbocycles. The van der Waals surface area contributed by atoms with Crippen molar-refractivity contribution in [2.24, 2.45) is 5.73 Å². The lowest BCUT2D eigenvalue weighted by molar-refractivity contribution is 0.0761. The highest BCUT2D eigenvalue weighted by molar-refractivity contribution is 4.75. The molecule has 102 valence electrons. The molecule has 0 atom stereocenters. The number of hydrogen-bond donors (Lipinski definition) is 1. The van der Waals surface area contributed by atoms with Gasteiger partial charge in [-0.2, -0.15) is 0 Å². The maximum atomic E-state index is 5.62. The Morgan fingerprint density at radius 1 is 1.12 bits per heavy atom. The number of nitrogens with zero attached hydrogens (tertiary/aromatic N) is 1. The van der Waals surface area contributed by atoms with E-state index in [4.69, 9.17) is 10.5 Å². The molecule has 0 unspecified atom stereocenters. The molecule has 0 aromatic heterocycles. The molecule has 0 aliphatic heterocycles. The van der Waals surface area contributed by atoms with Crippen molar-refractivity contribution in [1.82, 2.24) is 4.90 Å². The minimum atomic E-state index is 0.792. The average Bonchev–Trinajstić information content (AvgIpc) is 2.39. The van der Waals surface area contributed by atoms with Gasteiger partial charge in [0.15, 0.2) is 0 Å². The summed E-state index contributed by atoms with van der Waals surface area (Å²) in [5.74, 6) is 0. The van der Waals surface area contributed by atoms with E-state index in [1.54, 1.807) is 0 Å². The van der Waals surface area contributed by atoms with Gasteiger partial charge in [0, 0.05) is 19.2 Å². The van der Waals surface area contributed by atoms with Crippen LogP contribution in [-0.2, 0) is 4.74 Å². The molecular weight excluding hydrogens is 212 g/mol. The van der Waals surface area contributed by atoms with E-state index < -0.39 is 0 Å². The molecule has 0 bridgehead atoms. The molecule has 2 N–H and O–H groups in total. The average molecular weight is 242 g/mol. The van der Waals surface area contributed by atoms with Crippen LogP contribution in [0, 0.1) is 0 Å². The first-order chi connectivity index (χ1) is 8.38. The molecule has 0 radical (unpaired) electrons. The maximum Gasteiger partial charge on any atom is 0.0593 e. The second-order valence-corrected chi connectivity index (χ2v) is 5.08. The van der Waals surface area contributed by atoms with E-state index in [1.165, 1.54) is 32.1 Å². The molecule has 0 spiro atoms. The van der Waals surface area contributed by atoms with Gasteiger partial charge in [-0.25, -0.2) is 0 Å². The van der Waals surface area contributed by atoms with Crippen molar-refractivity contribution in [2.75, 3.05) is 32.8 Å². The molecule has 1 aliphatic rings. The standard InChI is InChI=1S/C14H30N2O/c1-2-12-17-13-11-16(10-6-9-15)14-7-4-3-5-8-14/h14H,2-13,15H2,1H3. The second kappa shape index (κ2) is 9.86. The molecule has 1 aliphatic carbocycles. The van der Waals surface area contributed by atoms with Crippen LogP contribution in [0.2, 0.25) is 0 Å². The van der Waals surface area contributed by atoms with E-state index in [2.05, 4.69) is 11.8 Å². The Labute approximate surface area is 107 Å². The van der Waals surface area contributed by atoms with Crippen LogP contribution >= 0.6 is 0 Å². The highest BCUT2D eigenvalue weighted by Crippen LogP contribution is 2.22. The fourth-order valence-electron chi connectivity index (χ4n) is 2.65. The minimum absolute atomic E-state index is 0.792. The van der Waals surface area contributed by atoms with Crippen LogP contribution < -0.4 is 5.73 Å². The molecule has 0 heterocycles. The van der Waals surface area contributed by atoms with Crippen LogP contribution in [0.4, 0.5) is 0 Å². The summed E-state index contributed by atoms with van der Waals surface area (Å²) in [6, 6.07) is 0.792. The van der Waals surface area contributed by atoms with E-state index in [0.717, 1.165) is 51.7 Å². The van der Waals surface area contributed by atoms with Crippen LogP contribution in [-0.4, -0.2) is 43.8 Å². The first-order valence-electron chi connectivity index (χ1n) is 7.40. The molecular formula is C14H30N2O. The first kappa shape index (κ1) is 14.9. The molecule has 1 rings (SSSR count). The van der Waals surface area contributed by atoms with Crippen molar-refractivity contribution in [3.05, 3.63) is 0 Å². The highest BCUT2D eigenvalue weighted by atomic mass is 16.5. The zero-order chi connectivity index (χ0) is 12.3. The summed E-state index contributed by atoms with van der Waals surface area (Å²) < 4.78 is 5.61. The summed E-state index contributed by atoms with van der Waals surface area (Å²) >= 11 is 0. The van der Waals surface area contributed by atoms with Gasteiger partial charge in [0.2, 0.25) is 0 Å². The normalized spacial score (nSPS) is 17.8. The summed E-state index contributed by atoms with van der Waals surface area (Å²) in [6.45, 7) is 6.98. The van der Waals surface area contributed by atoms with Crippen molar-refractivity contribution in [3.63, 3.8) is 0 Å². The zero-order valence-corrected chi connectivity index (χ0v) is 11.5. The van der Waals surface area contributed by atoms with Crippen molar-refractivity contribution in [3.8, 4) is 0 Å². The molecule has 0 amide bonds. The highest BCUT2D eigenvalue weighted by Gasteiger charge is 2.20. The van der Waals surface area contributed by atoms with Gasteiger partial charge < -0.3 is 10.5 Å². The first-order valence-corrected chi connectivity index (χ1v) is 7.40. The second-order valence-electron chi connectivity index (χ2n) is 5.08. The summed E-state index contributed by atoms with van der Waals surface area (Å²) in [7, 11) is 0. The summed E-state index contributed by atoms with van der Waals surface area (Å²) in [4.78, 5) is 2.61. The van der Waals surface area contributed by atoms with Crippen molar-refractivity contribution >= 4 is 0 Å². The summed E-state index contributed by atoms with van der Waals surface area (Å²) in [5.41, 5.74) is 5.62. The fourth-order valence-corrected chi connectivity index (χ4v) is 2.65. The van der Waals surface area contributed by atoms with E-state index in [1.807, 2.05) is 0 Å². The van der Waals surface area contributed by atoms with E-state index in [-0.39, 0.29) is 0 Å². The van der Waals surface area contributed by atoms with Crippen LogP contribution in [0.5, 0.6) is 0 Å². The van der Waals surface area contributed by atoms with Crippen LogP contribution in [0.25, 0.3) is 0 Å². The van der Waals surface area contributed by atoms with Gasteiger partial charge >= 0.3 is 0 Å². The van der Waals surface area contributed by atoms with E-state index >= 15 is 0 Å². The number of nitrogens with two attached hydrogens (primary N) is 1. The lowest BCUT2D eigenvalue weighted by atomic mass is 9.94. The monoisotopic (exact) mass is 242 g/mol. The van der Waals surface area contributed by atoms with Crippen LogP contribution in [0.3, 0.4) is 0 Å².